The number of esters is 2. The fourth-order valence-electron chi connectivity index (χ4n) is 7.39. The van der Waals surface area contributed by atoms with E-state index >= 15 is 0 Å². The van der Waals surface area contributed by atoms with Crippen molar-refractivity contribution < 1.29 is 33.7 Å². The number of hydrogen-bond acceptors (Lipinski definition) is 7. The normalized spacial score (nSPS) is 12.3. The van der Waals surface area contributed by atoms with Crippen LogP contribution in [0.15, 0.2) is 53.7 Å². The zero-order valence-corrected chi connectivity index (χ0v) is 39.1. The number of hydrogen-bond donors (Lipinski definition) is 1. The van der Waals surface area contributed by atoms with E-state index in [-0.39, 0.29) is 29.9 Å². The number of benzene rings is 1. The van der Waals surface area contributed by atoms with Gasteiger partial charge in [-0.25, -0.2) is 0 Å². The molecular formula is C53H86O7. The summed E-state index contributed by atoms with van der Waals surface area (Å²) in [4.78, 5) is 37.5. The van der Waals surface area contributed by atoms with Crippen molar-refractivity contribution in [3.63, 3.8) is 0 Å². The minimum absolute atomic E-state index is 0.0928. The van der Waals surface area contributed by atoms with Crippen molar-refractivity contribution in [1.82, 2.24) is 0 Å². The molecule has 0 saturated heterocycles. The Hall–Kier alpha value is -3.61. The third-order valence-corrected chi connectivity index (χ3v) is 11.0. The highest BCUT2D eigenvalue weighted by atomic mass is 16.5. The molecule has 7 nitrogen and oxygen atoms in total. The Kier molecular flexibility index (Phi) is 33.7. The summed E-state index contributed by atoms with van der Waals surface area (Å²) < 4.78 is 17.1. The van der Waals surface area contributed by atoms with E-state index in [1.165, 1.54) is 110 Å². The molecule has 1 aromatic rings. The first kappa shape index (κ1) is 54.4. The van der Waals surface area contributed by atoms with Crippen LogP contribution in [-0.4, -0.2) is 36.5 Å². The minimum atomic E-state index is -0.394. The molecule has 60 heavy (non-hydrogen) atoms. The van der Waals surface area contributed by atoms with Gasteiger partial charge in [-0.1, -0.05) is 165 Å². The second-order valence-electron chi connectivity index (χ2n) is 17.0. The Morgan fingerprint density at radius 2 is 1.18 bits per heavy atom. The lowest BCUT2D eigenvalue weighted by molar-refractivity contribution is -0.147. The lowest BCUT2D eigenvalue weighted by Gasteiger charge is -2.17. The van der Waals surface area contributed by atoms with Crippen molar-refractivity contribution >= 4 is 18.2 Å². The second kappa shape index (κ2) is 37.2. The first-order chi connectivity index (χ1) is 29.2. The molecule has 1 N–H and O–H groups in total. The molecule has 7 heteroatoms. The van der Waals surface area contributed by atoms with Crippen LogP contribution in [0.2, 0.25) is 0 Å². The largest absolute Gasteiger partial charge is 0.507 e. The van der Waals surface area contributed by atoms with Crippen molar-refractivity contribution in [3.8, 4) is 11.5 Å². The standard InChI is InChI=1S/C53H86O7/c1-7-9-11-13-15-17-19-21-22-24-26-28-30-32-34-36-52(56)60-47(39-44(3)4)40-45(5)37-38-48-50(58-6)41-46(49(42-54)53(48)57)43-59-51(55)35-33-31-29-27-25-23-20-18-16-14-12-10-8-2/h15,17,21-22,37,39,41-42,47,57H,7-14,16,18-20,23-36,38,40,43H2,1-6H3. The first-order valence-corrected chi connectivity index (χ1v) is 24.0. The van der Waals surface area contributed by atoms with E-state index < -0.39 is 6.10 Å². The van der Waals surface area contributed by atoms with Crippen LogP contribution in [0.4, 0.5) is 0 Å². The molecule has 1 aromatic carbocycles. The Morgan fingerprint density at radius 3 is 1.72 bits per heavy atom. The lowest BCUT2D eigenvalue weighted by atomic mass is 9.98. The number of phenolic OH excluding ortho intramolecular Hbond substituents is 1. The molecular weight excluding hydrogens is 749 g/mol. The van der Waals surface area contributed by atoms with Crippen LogP contribution in [0, 0.1) is 0 Å². The quantitative estimate of drug-likeness (QED) is 0.0306. The average molecular weight is 835 g/mol. The van der Waals surface area contributed by atoms with E-state index in [0.717, 1.165) is 62.5 Å². The maximum absolute atomic E-state index is 12.8. The Labute approximate surface area is 366 Å². The van der Waals surface area contributed by atoms with Crippen molar-refractivity contribution in [1.29, 1.82) is 0 Å². The van der Waals surface area contributed by atoms with Gasteiger partial charge in [0.1, 0.15) is 24.2 Å². The van der Waals surface area contributed by atoms with Gasteiger partial charge in [0.05, 0.1) is 12.7 Å². The maximum atomic E-state index is 12.8. The molecule has 0 radical (unpaired) electrons. The minimum Gasteiger partial charge on any atom is -0.507 e. The molecule has 0 aliphatic heterocycles. The summed E-state index contributed by atoms with van der Waals surface area (Å²) in [5.41, 5.74) is 3.01. The number of carbonyl (C=O) groups is 3. The summed E-state index contributed by atoms with van der Waals surface area (Å²) in [5.74, 6) is -0.268. The van der Waals surface area contributed by atoms with Crippen molar-refractivity contribution in [2.45, 2.75) is 227 Å². The van der Waals surface area contributed by atoms with E-state index in [1.54, 1.807) is 6.07 Å². The number of unbranched alkanes of at least 4 members (excludes halogenated alkanes) is 20. The van der Waals surface area contributed by atoms with Crippen LogP contribution in [0.25, 0.3) is 0 Å². The highest BCUT2D eigenvalue weighted by Crippen LogP contribution is 2.35. The van der Waals surface area contributed by atoms with Gasteiger partial charge in [-0.3, -0.25) is 14.4 Å². The van der Waals surface area contributed by atoms with Crippen molar-refractivity contribution in [2.75, 3.05) is 7.11 Å². The molecule has 0 spiro atoms. The predicted molar refractivity (Wildman–Crippen MR) is 251 cm³/mol. The fourth-order valence-corrected chi connectivity index (χ4v) is 7.39. The highest BCUT2D eigenvalue weighted by molar-refractivity contribution is 5.84. The summed E-state index contributed by atoms with van der Waals surface area (Å²) in [6, 6.07) is 1.67. The Balaban J connectivity index is 2.52. The van der Waals surface area contributed by atoms with Gasteiger partial charge in [-0.05, 0) is 84.3 Å². The van der Waals surface area contributed by atoms with Gasteiger partial charge in [0.25, 0.3) is 0 Å². The molecule has 1 unspecified atom stereocenters. The number of carbonyl (C=O) groups excluding carboxylic acids is 3. The molecule has 0 bridgehead atoms. The van der Waals surface area contributed by atoms with Crippen LogP contribution in [0.3, 0.4) is 0 Å². The summed E-state index contributed by atoms with van der Waals surface area (Å²) in [7, 11) is 1.51. The van der Waals surface area contributed by atoms with E-state index in [0.29, 0.717) is 48.8 Å². The number of aldehydes is 1. The van der Waals surface area contributed by atoms with E-state index in [2.05, 4.69) is 38.2 Å². The molecule has 1 rings (SSSR count). The lowest BCUT2D eigenvalue weighted by Crippen LogP contribution is -2.17. The SMILES string of the molecule is CCCCCC=CCC=CCCCCCCCC(=O)OC(C=C(C)C)CC(C)=CCc1c(OC)cc(COC(=O)CCCCCCCCCCCCCCC)c(C=O)c1O. The highest BCUT2D eigenvalue weighted by Gasteiger charge is 2.19. The third-order valence-electron chi connectivity index (χ3n) is 11.0. The van der Waals surface area contributed by atoms with E-state index in [4.69, 9.17) is 14.2 Å². The van der Waals surface area contributed by atoms with E-state index in [1.807, 2.05) is 32.9 Å². The zero-order chi connectivity index (χ0) is 44.1. The fraction of sp³-hybridized carbons (Fsp3) is 0.679. The van der Waals surface area contributed by atoms with Crippen LogP contribution < -0.4 is 4.74 Å². The average Bonchev–Trinajstić information content (AvgIpc) is 3.22. The molecule has 0 fully saturated rings. The number of rotatable bonds is 38. The van der Waals surface area contributed by atoms with Gasteiger partial charge in [-0.2, -0.15) is 0 Å². The molecule has 0 aromatic heterocycles. The van der Waals surface area contributed by atoms with Gasteiger partial charge in [-0.15, -0.1) is 0 Å². The molecule has 0 aliphatic carbocycles. The van der Waals surface area contributed by atoms with Crippen LogP contribution in [0.5, 0.6) is 11.5 Å². The summed E-state index contributed by atoms with van der Waals surface area (Å²) >= 11 is 0. The maximum Gasteiger partial charge on any atom is 0.306 e. The molecule has 340 valence electrons. The first-order valence-electron chi connectivity index (χ1n) is 24.0. The number of phenols is 1. The van der Waals surface area contributed by atoms with Crippen molar-refractivity contribution in [2.24, 2.45) is 0 Å². The summed E-state index contributed by atoms with van der Waals surface area (Å²) in [6.07, 6.45) is 43.4. The van der Waals surface area contributed by atoms with Crippen LogP contribution in [0.1, 0.15) is 229 Å². The molecule has 0 aliphatic rings. The molecule has 0 amide bonds. The smallest absolute Gasteiger partial charge is 0.306 e. The summed E-state index contributed by atoms with van der Waals surface area (Å²) in [5, 5.41) is 11.2. The summed E-state index contributed by atoms with van der Waals surface area (Å²) in [6.45, 7) is 10.3. The third kappa shape index (κ3) is 28.0. The van der Waals surface area contributed by atoms with Gasteiger partial charge >= 0.3 is 11.9 Å². The van der Waals surface area contributed by atoms with Crippen LogP contribution >= 0.6 is 0 Å². The number of ether oxygens (including phenoxy) is 3. The van der Waals surface area contributed by atoms with Gasteiger partial charge in [0, 0.05) is 30.4 Å². The molecule has 0 saturated carbocycles. The second-order valence-corrected chi connectivity index (χ2v) is 17.0. The molecule has 1 atom stereocenters. The predicted octanol–water partition coefficient (Wildman–Crippen LogP) is 15.3. The Morgan fingerprint density at radius 1 is 0.683 bits per heavy atom. The number of aromatic hydroxyl groups is 1. The monoisotopic (exact) mass is 835 g/mol. The Bertz CT molecular complexity index is 1410. The number of allylic oxidation sites excluding steroid dienone is 6. The topological polar surface area (TPSA) is 99.1 Å². The zero-order valence-electron chi connectivity index (χ0n) is 39.1. The van der Waals surface area contributed by atoms with Gasteiger partial charge in [0.2, 0.25) is 0 Å². The van der Waals surface area contributed by atoms with Crippen LogP contribution in [-0.2, 0) is 32.1 Å². The number of methoxy groups -OCH3 is 1. The van der Waals surface area contributed by atoms with Gasteiger partial charge < -0.3 is 19.3 Å². The van der Waals surface area contributed by atoms with E-state index in [9.17, 15) is 19.5 Å². The molecule has 0 heterocycles. The van der Waals surface area contributed by atoms with Crippen molar-refractivity contribution in [3.05, 3.63) is 70.4 Å². The van der Waals surface area contributed by atoms with Gasteiger partial charge in [0.15, 0.2) is 6.29 Å².